The zero-order valence-electron chi connectivity index (χ0n) is 11.5. The topological polar surface area (TPSA) is 64.4 Å². The number of hydrogen-bond donors (Lipinski definition) is 1. The SMILES string of the molecule is O=C(NCc1ccco1)c1ccc(OC2CCSC2)nc1. The first-order valence-corrected chi connectivity index (χ1v) is 7.98. The van der Waals surface area contributed by atoms with Crippen LogP contribution in [0.5, 0.6) is 5.88 Å². The van der Waals surface area contributed by atoms with Crippen molar-refractivity contribution >= 4 is 17.7 Å². The summed E-state index contributed by atoms with van der Waals surface area (Å²) in [7, 11) is 0. The first-order chi connectivity index (χ1) is 10.3. The number of aromatic nitrogens is 1. The van der Waals surface area contributed by atoms with E-state index in [9.17, 15) is 4.79 Å². The van der Waals surface area contributed by atoms with E-state index >= 15 is 0 Å². The first kappa shape index (κ1) is 14.0. The molecule has 1 amide bonds. The second-order valence-electron chi connectivity index (χ2n) is 4.75. The summed E-state index contributed by atoms with van der Waals surface area (Å²) in [5, 5.41) is 2.78. The van der Waals surface area contributed by atoms with E-state index in [4.69, 9.17) is 9.15 Å². The van der Waals surface area contributed by atoms with Gasteiger partial charge in [0.1, 0.15) is 11.9 Å². The molecule has 110 valence electrons. The van der Waals surface area contributed by atoms with E-state index in [0.717, 1.165) is 23.7 Å². The summed E-state index contributed by atoms with van der Waals surface area (Å²) in [6.07, 6.45) is 4.41. The van der Waals surface area contributed by atoms with Gasteiger partial charge in [-0.3, -0.25) is 4.79 Å². The molecular formula is C15H16N2O3S. The lowest BCUT2D eigenvalue weighted by atomic mass is 10.2. The van der Waals surface area contributed by atoms with Crippen LogP contribution in [0.2, 0.25) is 0 Å². The van der Waals surface area contributed by atoms with Crippen molar-refractivity contribution in [2.24, 2.45) is 0 Å². The Morgan fingerprint density at radius 2 is 2.43 bits per heavy atom. The lowest BCUT2D eigenvalue weighted by molar-refractivity contribution is 0.0947. The quantitative estimate of drug-likeness (QED) is 0.919. The molecular weight excluding hydrogens is 288 g/mol. The van der Waals surface area contributed by atoms with Gasteiger partial charge in [0.2, 0.25) is 5.88 Å². The second-order valence-corrected chi connectivity index (χ2v) is 5.90. The van der Waals surface area contributed by atoms with E-state index in [2.05, 4.69) is 10.3 Å². The van der Waals surface area contributed by atoms with Gasteiger partial charge in [-0.15, -0.1) is 0 Å². The lowest BCUT2D eigenvalue weighted by Gasteiger charge is -2.11. The Bertz CT molecular complexity index is 577. The largest absolute Gasteiger partial charge is 0.473 e. The third-order valence-electron chi connectivity index (χ3n) is 3.18. The molecule has 0 aliphatic carbocycles. The van der Waals surface area contributed by atoms with E-state index in [0.29, 0.717) is 18.0 Å². The average Bonchev–Trinajstić information content (AvgIpc) is 3.19. The molecule has 6 heteroatoms. The highest BCUT2D eigenvalue weighted by molar-refractivity contribution is 7.99. The third kappa shape index (κ3) is 3.78. The number of thioether (sulfide) groups is 1. The standard InChI is InChI=1S/C15H16N2O3S/c18-15(17-9-12-2-1-6-19-12)11-3-4-14(16-8-11)20-13-5-7-21-10-13/h1-4,6,8,13H,5,7,9-10H2,(H,17,18). The van der Waals surface area contributed by atoms with Gasteiger partial charge < -0.3 is 14.5 Å². The number of nitrogens with zero attached hydrogens (tertiary/aromatic N) is 1. The summed E-state index contributed by atoms with van der Waals surface area (Å²) < 4.78 is 10.9. The van der Waals surface area contributed by atoms with Gasteiger partial charge in [0.05, 0.1) is 18.4 Å². The normalized spacial score (nSPS) is 17.6. The molecule has 1 atom stereocenters. The Morgan fingerprint density at radius 1 is 1.48 bits per heavy atom. The fraction of sp³-hybridized carbons (Fsp3) is 0.333. The van der Waals surface area contributed by atoms with Gasteiger partial charge >= 0.3 is 0 Å². The molecule has 2 aromatic heterocycles. The number of furan rings is 1. The maximum Gasteiger partial charge on any atom is 0.253 e. The van der Waals surface area contributed by atoms with Crippen LogP contribution < -0.4 is 10.1 Å². The van der Waals surface area contributed by atoms with Crippen LogP contribution in [0.15, 0.2) is 41.1 Å². The highest BCUT2D eigenvalue weighted by atomic mass is 32.2. The Labute approximate surface area is 127 Å². The van der Waals surface area contributed by atoms with Gasteiger partial charge in [0.25, 0.3) is 5.91 Å². The van der Waals surface area contributed by atoms with E-state index in [1.54, 1.807) is 24.5 Å². The molecule has 2 aromatic rings. The van der Waals surface area contributed by atoms with Crippen LogP contribution in [0, 0.1) is 0 Å². The Kier molecular flexibility index (Phi) is 4.45. The maximum atomic E-state index is 12.0. The second kappa shape index (κ2) is 6.67. The summed E-state index contributed by atoms with van der Waals surface area (Å²) >= 11 is 1.89. The number of carbonyl (C=O) groups excluding carboxylic acids is 1. The molecule has 0 saturated carbocycles. The van der Waals surface area contributed by atoms with Crippen LogP contribution in [0.1, 0.15) is 22.5 Å². The molecule has 0 radical (unpaired) electrons. The fourth-order valence-electron chi connectivity index (χ4n) is 2.04. The summed E-state index contributed by atoms with van der Waals surface area (Å²) in [6.45, 7) is 0.364. The van der Waals surface area contributed by atoms with Gasteiger partial charge in [-0.2, -0.15) is 11.8 Å². The number of pyridine rings is 1. The lowest BCUT2D eigenvalue weighted by Crippen LogP contribution is -2.22. The fourth-order valence-corrected chi connectivity index (χ4v) is 3.14. The molecule has 0 bridgehead atoms. The highest BCUT2D eigenvalue weighted by Crippen LogP contribution is 2.21. The first-order valence-electron chi connectivity index (χ1n) is 6.82. The summed E-state index contributed by atoms with van der Waals surface area (Å²) in [6, 6.07) is 7.07. The molecule has 1 fully saturated rings. The molecule has 1 aliphatic heterocycles. The van der Waals surface area contributed by atoms with Gasteiger partial charge in [-0.25, -0.2) is 4.98 Å². The zero-order valence-corrected chi connectivity index (χ0v) is 12.3. The molecule has 1 N–H and O–H groups in total. The number of amides is 1. The van der Waals surface area contributed by atoms with Crippen LogP contribution in [0.4, 0.5) is 0 Å². The Morgan fingerprint density at radius 3 is 3.10 bits per heavy atom. The van der Waals surface area contributed by atoms with Crippen molar-refractivity contribution in [2.75, 3.05) is 11.5 Å². The molecule has 1 saturated heterocycles. The predicted molar refractivity (Wildman–Crippen MR) is 80.5 cm³/mol. The average molecular weight is 304 g/mol. The Hall–Kier alpha value is -1.95. The van der Waals surface area contributed by atoms with Crippen molar-refractivity contribution < 1.29 is 13.9 Å². The molecule has 3 rings (SSSR count). The molecule has 1 unspecified atom stereocenters. The van der Waals surface area contributed by atoms with Crippen molar-refractivity contribution in [3.63, 3.8) is 0 Å². The third-order valence-corrected chi connectivity index (χ3v) is 4.31. The van der Waals surface area contributed by atoms with Gasteiger partial charge in [-0.1, -0.05) is 0 Å². The van der Waals surface area contributed by atoms with E-state index in [-0.39, 0.29) is 12.0 Å². The predicted octanol–water partition coefficient (Wildman–Crippen LogP) is 2.49. The highest BCUT2D eigenvalue weighted by Gasteiger charge is 2.17. The molecule has 0 spiro atoms. The minimum absolute atomic E-state index is 0.179. The van der Waals surface area contributed by atoms with Crippen LogP contribution in [-0.2, 0) is 6.54 Å². The number of rotatable bonds is 5. The minimum atomic E-state index is -0.179. The van der Waals surface area contributed by atoms with E-state index in [1.807, 2.05) is 17.8 Å². The molecule has 21 heavy (non-hydrogen) atoms. The van der Waals surface area contributed by atoms with Crippen LogP contribution >= 0.6 is 11.8 Å². The van der Waals surface area contributed by atoms with Crippen molar-refractivity contribution in [2.45, 2.75) is 19.1 Å². The van der Waals surface area contributed by atoms with Crippen molar-refractivity contribution in [3.8, 4) is 5.88 Å². The zero-order chi connectivity index (χ0) is 14.5. The molecule has 0 aromatic carbocycles. The molecule has 5 nitrogen and oxygen atoms in total. The summed E-state index contributed by atoms with van der Waals surface area (Å²) in [4.78, 5) is 16.2. The van der Waals surface area contributed by atoms with Gasteiger partial charge in [-0.05, 0) is 30.4 Å². The number of ether oxygens (including phenoxy) is 1. The maximum absolute atomic E-state index is 12.0. The minimum Gasteiger partial charge on any atom is -0.473 e. The van der Waals surface area contributed by atoms with Crippen LogP contribution in [0.25, 0.3) is 0 Å². The van der Waals surface area contributed by atoms with Crippen LogP contribution in [0.3, 0.4) is 0 Å². The van der Waals surface area contributed by atoms with Crippen molar-refractivity contribution in [1.29, 1.82) is 0 Å². The number of nitrogens with one attached hydrogen (secondary N) is 1. The van der Waals surface area contributed by atoms with Crippen LogP contribution in [-0.4, -0.2) is 28.5 Å². The number of hydrogen-bond acceptors (Lipinski definition) is 5. The van der Waals surface area contributed by atoms with E-state index < -0.39 is 0 Å². The van der Waals surface area contributed by atoms with Gasteiger partial charge in [0, 0.05) is 18.0 Å². The smallest absolute Gasteiger partial charge is 0.253 e. The number of carbonyl (C=O) groups is 1. The summed E-state index contributed by atoms with van der Waals surface area (Å²) in [5.74, 6) is 3.26. The van der Waals surface area contributed by atoms with Crippen molar-refractivity contribution in [1.82, 2.24) is 10.3 Å². The van der Waals surface area contributed by atoms with Crippen molar-refractivity contribution in [3.05, 3.63) is 48.0 Å². The molecule has 3 heterocycles. The van der Waals surface area contributed by atoms with E-state index in [1.165, 1.54) is 6.20 Å². The van der Waals surface area contributed by atoms with Gasteiger partial charge in [0.15, 0.2) is 0 Å². The molecule has 1 aliphatic rings. The Balaban J connectivity index is 1.54. The monoisotopic (exact) mass is 304 g/mol. The summed E-state index contributed by atoms with van der Waals surface area (Å²) in [5.41, 5.74) is 0.509.